The molecule has 1 aliphatic rings. The monoisotopic (exact) mass is 418 g/mol. The number of sulfonamides is 1. The fraction of sp³-hybridized carbons (Fsp3) is 0.611. The van der Waals surface area contributed by atoms with Crippen LogP contribution in [-0.2, 0) is 14.8 Å². The number of piperazine rings is 1. The van der Waals surface area contributed by atoms with Gasteiger partial charge in [-0.25, -0.2) is 21.9 Å². The van der Waals surface area contributed by atoms with Crippen molar-refractivity contribution in [1.82, 2.24) is 19.8 Å². The Bertz CT molecular complexity index is 753. The van der Waals surface area contributed by atoms with Gasteiger partial charge in [0.05, 0.1) is 4.90 Å². The lowest BCUT2D eigenvalue weighted by atomic mass is 10.3. The van der Waals surface area contributed by atoms with Crippen LogP contribution in [0.15, 0.2) is 23.1 Å². The van der Waals surface area contributed by atoms with E-state index < -0.39 is 21.7 Å². The minimum Gasteiger partial charge on any atom is -0.356 e. The van der Waals surface area contributed by atoms with E-state index in [1.807, 2.05) is 0 Å². The highest BCUT2D eigenvalue weighted by Gasteiger charge is 2.17. The molecule has 0 unspecified atom stereocenters. The van der Waals surface area contributed by atoms with Crippen LogP contribution in [0.4, 0.5) is 8.78 Å². The van der Waals surface area contributed by atoms with Gasteiger partial charge in [-0.3, -0.25) is 4.79 Å². The second-order valence-electron chi connectivity index (χ2n) is 6.70. The molecule has 1 aliphatic heterocycles. The third-order valence-electron chi connectivity index (χ3n) is 4.73. The number of rotatable bonds is 10. The van der Waals surface area contributed by atoms with Gasteiger partial charge < -0.3 is 15.1 Å². The highest BCUT2D eigenvalue weighted by molar-refractivity contribution is 7.89. The van der Waals surface area contributed by atoms with Gasteiger partial charge in [0.2, 0.25) is 15.9 Å². The number of carbonyl (C=O) groups excluding carboxylic acids is 1. The Morgan fingerprint density at radius 2 is 1.75 bits per heavy atom. The molecule has 2 N–H and O–H groups in total. The van der Waals surface area contributed by atoms with Crippen molar-refractivity contribution < 1.29 is 22.0 Å². The Labute approximate surface area is 165 Å². The van der Waals surface area contributed by atoms with E-state index in [2.05, 4.69) is 26.8 Å². The number of nitrogens with one attached hydrogen (secondary N) is 2. The second kappa shape index (κ2) is 10.8. The predicted molar refractivity (Wildman–Crippen MR) is 102 cm³/mol. The molecule has 1 aromatic carbocycles. The lowest BCUT2D eigenvalue weighted by Crippen LogP contribution is -2.46. The van der Waals surface area contributed by atoms with Crippen molar-refractivity contribution in [2.45, 2.75) is 24.7 Å². The third kappa shape index (κ3) is 7.08. The quantitative estimate of drug-likeness (QED) is 0.549. The van der Waals surface area contributed by atoms with Gasteiger partial charge in [-0.05, 0) is 37.7 Å². The Kier molecular flexibility index (Phi) is 8.74. The molecule has 1 heterocycles. The second-order valence-corrected chi connectivity index (χ2v) is 8.47. The van der Waals surface area contributed by atoms with E-state index >= 15 is 0 Å². The minimum atomic E-state index is -3.99. The largest absolute Gasteiger partial charge is 0.356 e. The SMILES string of the molecule is CCN1CCN(CCCNC(=O)CCNS(=O)(=O)c2ccc(F)c(F)c2)CC1. The molecule has 2 rings (SSSR count). The predicted octanol–water partition coefficient (Wildman–Crippen LogP) is 0.777. The van der Waals surface area contributed by atoms with Gasteiger partial charge >= 0.3 is 0 Å². The molecule has 0 aliphatic carbocycles. The van der Waals surface area contributed by atoms with Gasteiger partial charge in [0.15, 0.2) is 11.6 Å². The fourth-order valence-electron chi connectivity index (χ4n) is 2.97. The van der Waals surface area contributed by atoms with Gasteiger partial charge in [0, 0.05) is 45.7 Å². The molecule has 0 aromatic heterocycles. The van der Waals surface area contributed by atoms with E-state index in [0.29, 0.717) is 12.6 Å². The maximum Gasteiger partial charge on any atom is 0.240 e. The van der Waals surface area contributed by atoms with Crippen LogP contribution in [-0.4, -0.2) is 76.5 Å². The summed E-state index contributed by atoms with van der Waals surface area (Å²) in [5, 5.41) is 2.76. The number of hydrogen-bond acceptors (Lipinski definition) is 5. The molecule has 0 atom stereocenters. The van der Waals surface area contributed by atoms with E-state index in [9.17, 15) is 22.0 Å². The molecular weight excluding hydrogens is 390 g/mol. The van der Waals surface area contributed by atoms with Crippen LogP contribution >= 0.6 is 0 Å². The maximum absolute atomic E-state index is 13.2. The number of likely N-dealkylation sites (N-methyl/N-ethyl adjacent to an activating group) is 1. The zero-order chi connectivity index (χ0) is 20.6. The van der Waals surface area contributed by atoms with Crippen LogP contribution in [0.2, 0.25) is 0 Å². The minimum absolute atomic E-state index is 0.0297. The van der Waals surface area contributed by atoms with E-state index in [-0.39, 0.29) is 23.8 Å². The molecule has 1 saturated heterocycles. The van der Waals surface area contributed by atoms with Gasteiger partial charge in [0.25, 0.3) is 0 Å². The summed E-state index contributed by atoms with van der Waals surface area (Å²) in [4.78, 5) is 16.2. The average molecular weight is 419 g/mol. The number of carbonyl (C=O) groups is 1. The van der Waals surface area contributed by atoms with Gasteiger partial charge in [-0.1, -0.05) is 6.92 Å². The normalized spacial score (nSPS) is 16.2. The molecule has 0 radical (unpaired) electrons. The van der Waals surface area contributed by atoms with Gasteiger partial charge in [-0.2, -0.15) is 0 Å². The van der Waals surface area contributed by atoms with Crippen molar-refractivity contribution in [3.63, 3.8) is 0 Å². The lowest BCUT2D eigenvalue weighted by Gasteiger charge is -2.33. The molecular formula is C18H28F2N4O3S. The molecule has 0 saturated carbocycles. The highest BCUT2D eigenvalue weighted by atomic mass is 32.2. The molecule has 1 amide bonds. The zero-order valence-electron chi connectivity index (χ0n) is 16.1. The lowest BCUT2D eigenvalue weighted by molar-refractivity contribution is -0.120. The topological polar surface area (TPSA) is 81.8 Å². The summed E-state index contributed by atoms with van der Waals surface area (Å²) in [5.41, 5.74) is 0. The van der Waals surface area contributed by atoms with Crippen LogP contribution in [0, 0.1) is 11.6 Å². The Balaban J connectivity index is 1.61. The molecule has 7 nitrogen and oxygen atoms in total. The number of hydrogen-bond donors (Lipinski definition) is 2. The molecule has 1 fully saturated rings. The number of benzene rings is 1. The summed E-state index contributed by atoms with van der Waals surface area (Å²) in [6.45, 7) is 8.77. The van der Waals surface area contributed by atoms with Crippen LogP contribution in [0.3, 0.4) is 0 Å². The zero-order valence-corrected chi connectivity index (χ0v) is 16.9. The summed E-state index contributed by atoms with van der Waals surface area (Å²) in [6.07, 6.45) is 0.802. The van der Waals surface area contributed by atoms with Crippen molar-refractivity contribution in [3.8, 4) is 0 Å². The van der Waals surface area contributed by atoms with Crippen molar-refractivity contribution in [2.24, 2.45) is 0 Å². The van der Waals surface area contributed by atoms with Crippen LogP contribution in [0.25, 0.3) is 0 Å². The smallest absolute Gasteiger partial charge is 0.240 e. The first-order valence-corrected chi connectivity index (χ1v) is 11.0. The van der Waals surface area contributed by atoms with Crippen molar-refractivity contribution in [2.75, 3.05) is 52.4 Å². The molecule has 28 heavy (non-hydrogen) atoms. The fourth-order valence-corrected chi connectivity index (χ4v) is 4.02. The first-order valence-electron chi connectivity index (χ1n) is 9.48. The summed E-state index contributed by atoms with van der Waals surface area (Å²) >= 11 is 0. The Morgan fingerprint density at radius 3 is 2.39 bits per heavy atom. The van der Waals surface area contributed by atoms with Crippen LogP contribution < -0.4 is 10.0 Å². The van der Waals surface area contributed by atoms with Crippen molar-refractivity contribution in [1.29, 1.82) is 0 Å². The maximum atomic E-state index is 13.2. The highest BCUT2D eigenvalue weighted by Crippen LogP contribution is 2.13. The molecule has 0 spiro atoms. The summed E-state index contributed by atoms with van der Waals surface area (Å²) in [7, 11) is -3.99. The number of halogens is 2. The number of amides is 1. The first-order chi connectivity index (χ1) is 13.3. The average Bonchev–Trinajstić information content (AvgIpc) is 2.67. The number of nitrogens with zero attached hydrogens (tertiary/aromatic N) is 2. The Hall–Kier alpha value is -1.62. The van der Waals surface area contributed by atoms with Crippen LogP contribution in [0.5, 0.6) is 0 Å². The van der Waals surface area contributed by atoms with E-state index in [0.717, 1.165) is 57.8 Å². The third-order valence-corrected chi connectivity index (χ3v) is 6.19. The molecule has 158 valence electrons. The van der Waals surface area contributed by atoms with E-state index in [1.165, 1.54) is 0 Å². The first kappa shape index (κ1) is 22.7. The molecule has 1 aromatic rings. The van der Waals surface area contributed by atoms with Crippen molar-refractivity contribution in [3.05, 3.63) is 29.8 Å². The summed E-state index contributed by atoms with van der Waals surface area (Å²) in [6, 6.07) is 2.33. The van der Waals surface area contributed by atoms with Crippen molar-refractivity contribution >= 4 is 15.9 Å². The van der Waals surface area contributed by atoms with E-state index in [1.54, 1.807) is 0 Å². The van der Waals surface area contributed by atoms with Gasteiger partial charge in [-0.15, -0.1) is 0 Å². The molecule has 0 bridgehead atoms. The summed E-state index contributed by atoms with van der Waals surface area (Å²) < 4.78 is 52.3. The standard InChI is InChI=1S/C18H28F2N4O3S/c1-2-23-10-12-24(13-11-23)9-3-7-21-18(25)6-8-22-28(26,27)15-4-5-16(19)17(20)14-15/h4-5,14,22H,2-3,6-13H2,1H3,(H,21,25). The van der Waals surface area contributed by atoms with Crippen LogP contribution in [0.1, 0.15) is 19.8 Å². The van der Waals surface area contributed by atoms with E-state index in [4.69, 9.17) is 0 Å². The summed E-state index contributed by atoms with van der Waals surface area (Å²) in [5.74, 6) is -2.62. The Morgan fingerprint density at radius 1 is 1.07 bits per heavy atom. The molecule has 10 heteroatoms. The van der Waals surface area contributed by atoms with Gasteiger partial charge in [0.1, 0.15) is 0 Å².